The van der Waals surface area contributed by atoms with E-state index in [2.05, 4.69) is 5.32 Å². The number of halogens is 3. The van der Waals surface area contributed by atoms with Gasteiger partial charge >= 0.3 is 6.18 Å². The van der Waals surface area contributed by atoms with Crippen molar-refractivity contribution < 1.29 is 23.4 Å². The van der Waals surface area contributed by atoms with Crippen molar-refractivity contribution in [2.45, 2.75) is 18.3 Å². The second kappa shape index (κ2) is 7.87. The van der Waals surface area contributed by atoms with Gasteiger partial charge in [-0.3, -0.25) is 0 Å². The monoisotopic (exact) mass is 309 g/mol. The Kier molecular flexibility index (Phi) is 6.81. The number of benzene rings is 1. The summed E-state index contributed by atoms with van der Waals surface area (Å²) in [6.07, 6.45) is -5.16. The van der Waals surface area contributed by atoms with E-state index in [0.717, 1.165) is 12.1 Å². The van der Waals surface area contributed by atoms with Crippen LogP contribution in [-0.2, 0) is 6.18 Å². The van der Waals surface area contributed by atoms with Crippen LogP contribution in [0.5, 0.6) is 0 Å². The van der Waals surface area contributed by atoms with Gasteiger partial charge < -0.3 is 15.5 Å². The van der Waals surface area contributed by atoms with Gasteiger partial charge in [0.05, 0.1) is 18.3 Å². The summed E-state index contributed by atoms with van der Waals surface area (Å²) >= 11 is 1.37. The molecule has 0 radical (unpaired) electrons. The van der Waals surface area contributed by atoms with Crippen molar-refractivity contribution in [3.8, 4) is 0 Å². The fourth-order valence-electron chi connectivity index (χ4n) is 1.65. The Labute approximate surface area is 120 Å². The summed E-state index contributed by atoms with van der Waals surface area (Å²) in [6, 6.07) is 4.95. The zero-order valence-corrected chi connectivity index (χ0v) is 11.8. The first kappa shape index (κ1) is 17.3. The topological polar surface area (TPSA) is 52.5 Å². The molecule has 2 unspecified atom stereocenters. The van der Waals surface area contributed by atoms with Crippen LogP contribution in [0.4, 0.5) is 13.2 Å². The van der Waals surface area contributed by atoms with Crippen molar-refractivity contribution in [2.75, 3.05) is 25.2 Å². The fourth-order valence-corrected chi connectivity index (χ4v) is 2.76. The lowest BCUT2D eigenvalue weighted by Crippen LogP contribution is -2.21. The van der Waals surface area contributed by atoms with Gasteiger partial charge in [0, 0.05) is 17.5 Å². The highest BCUT2D eigenvalue weighted by Crippen LogP contribution is 2.31. The number of hydrogen-bond donors (Lipinski definition) is 3. The van der Waals surface area contributed by atoms with Gasteiger partial charge in [-0.15, -0.1) is 0 Å². The number of aliphatic hydroxyl groups is 2. The zero-order valence-electron chi connectivity index (χ0n) is 11.0. The zero-order chi connectivity index (χ0) is 15.2. The fraction of sp³-hybridized carbons (Fsp3) is 0.538. The van der Waals surface area contributed by atoms with Crippen LogP contribution in [0.3, 0.4) is 0 Å². The van der Waals surface area contributed by atoms with E-state index in [9.17, 15) is 18.3 Å². The van der Waals surface area contributed by atoms with Gasteiger partial charge in [0.15, 0.2) is 0 Å². The SMILES string of the molecule is CNC(CSCC(O)CO)c1cccc(C(F)(F)F)c1. The minimum Gasteiger partial charge on any atom is -0.394 e. The van der Waals surface area contributed by atoms with Gasteiger partial charge in [-0.25, -0.2) is 0 Å². The Morgan fingerprint density at radius 2 is 2.00 bits per heavy atom. The molecule has 0 aliphatic heterocycles. The maximum atomic E-state index is 12.7. The maximum absolute atomic E-state index is 12.7. The maximum Gasteiger partial charge on any atom is 0.416 e. The molecule has 114 valence electrons. The first-order valence-corrected chi connectivity index (χ1v) is 7.25. The molecule has 0 aliphatic carbocycles. The van der Waals surface area contributed by atoms with E-state index in [1.165, 1.54) is 17.8 Å². The van der Waals surface area contributed by atoms with Gasteiger partial charge in [-0.1, -0.05) is 12.1 Å². The Morgan fingerprint density at radius 1 is 1.30 bits per heavy atom. The largest absolute Gasteiger partial charge is 0.416 e. The smallest absolute Gasteiger partial charge is 0.394 e. The van der Waals surface area contributed by atoms with Crippen LogP contribution in [0.1, 0.15) is 17.2 Å². The lowest BCUT2D eigenvalue weighted by molar-refractivity contribution is -0.137. The molecule has 1 aromatic rings. The minimum atomic E-state index is -4.35. The lowest BCUT2D eigenvalue weighted by Gasteiger charge is -2.18. The predicted octanol–water partition coefficient (Wildman–Crippen LogP) is 2.05. The summed E-state index contributed by atoms with van der Waals surface area (Å²) < 4.78 is 38.0. The number of aliphatic hydroxyl groups excluding tert-OH is 2. The molecule has 1 aromatic carbocycles. The molecule has 7 heteroatoms. The molecule has 0 saturated carbocycles. The lowest BCUT2D eigenvalue weighted by atomic mass is 10.1. The van der Waals surface area contributed by atoms with Gasteiger partial charge in [-0.05, 0) is 24.7 Å². The third kappa shape index (κ3) is 5.32. The predicted molar refractivity (Wildman–Crippen MR) is 73.7 cm³/mol. The third-order valence-electron chi connectivity index (χ3n) is 2.77. The molecule has 0 spiro atoms. The summed E-state index contributed by atoms with van der Waals surface area (Å²) in [7, 11) is 1.67. The summed E-state index contributed by atoms with van der Waals surface area (Å²) in [4.78, 5) is 0. The van der Waals surface area contributed by atoms with E-state index in [0.29, 0.717) is 17.1 Å². The number of hydrogen-bond acceptors (Lipinski definition) is 4. The Morgan fingerprint density at radius 3 is 2.55 bits per heavy atom. The first-order valence-electron chi connectivity index (χ1n) is 6.09. The highest BCUT2D eigenvalue weighted by Gasteiger charge is 2.30. The van der Waals surface area contributed by atoms with Crippen molar-refractivity contribution in [1.82, 2.24) is 5.32 Å². The second-order valence-electron chi connectivity index (χ2n) is 4.34. The normalized spacial score (nSPS) is 15.1. The third-order valence-corrected chi connectivity index (χ3v) is 3.96. The molecule has 0 saturated heterocycles. The number of thioether (sulfide) groups is 1. The van der Waals surface area contributed by atoms with E-state index >= 15 is 0 Å². The number of rotatable bonds is 7. The number of alkyl halides is 3. The highest BCUT2D eigenvalue weighted by molar-refractivity contribution is 7.99. The quantitative estimate of drug-likeness (QED) is 0.721. The van der Waals surface area contributed by atoms with Crippen LogP contribution in [-0.4, -0.2) is 41.5 Å². The van der Waals surface area contributed by atoms with Crippen molar-refractivity contribution >= 4 is 11.8 Å². The van der Waals surface area contributed by atoms with Crippen LogP contribution < -0.4 is 5.32 Å². The van der Waals surface area contributed by atoms with Crippen molar-refractivity contribution in [1.29, 1.82) is 0 Å². The molecule has 3 N–H and O–H groups in total. The molecule has 0 bridgehead atoms. The molecule has 0 heterocycles. The summed E-state index contributed by atoms with van der Waals surface area (Å²) in [5.41, 5.74) is -0.121. The van der Waals surface area contributed by atoms with Crippen LogP contribution in [0.15, 0.2) is 24.3 Å². The molecule has 0 aliphatic rings. The molecule has 0 amide bonds. The van der Waals surface area contributed by atoms with Gasteiger partial charge in [0.2, 0.25) is 0 Å². The first-order chi connectivity index (χ1) is 9.38. The molecular weight excluding hydrogens is 291 g/mol. The van der Waals surface area contributed by atoms with E-state index in [-0.39, 0.29) is 12.6 Å². The van der Waals surface area contributed by atoms with E-state index in [1.807, 2.05) is 0 Å². The van der Waals surface area contributed by atoms with E-state index in [4.69, 9.17) is 5.11 Å². The molecule has 0 aromatic heterocycles. The average molecular weight is 309 g/mol. The summed E-state index contributed by atoms with van der Waals surface area (Å²) in [5, 5.41) is 20.9. The second-order valence-corrected chi connectivity index (χ2v) is 5.41. The molecule has 0 fully saturated rings. The highest BCUT2D eigenvalue weighted by atomic mass is 32.2. The molecular formula is C13H18F3NO2S. The average Bonchev–Trinajstić information content (AvgIpc) is 2.42. The van der Waals surface area contributed by atoms with Crippen molar-refractivity contribution in [2.24, 2.45) is 0 Å². The number of nitrogens with one attached hydrogen (secondary N) is 1. The molecule has 20 heavy (non-hydrogen) atoms. The minimum absolute atomic E-state index is 0.242. The van der Waals surface area contributed by atoms with Gasteiger partial charge in [0.25, 0.3) is 0 Å². The summed E-state index contributed by atoms with van der Waals surface area (Å²) in [5.74, 6) is 0.850. The van der Waals surface area contributed by atoms with E-state index in [1.54, 1.807) is 13.1 Å². The van der Waals surface area contributed by atoms with Crippen LogP contribution in [0.2, 0.25) is 0 Å². The van der Waals surface area contributed by atoms with Crippen LogP contribution >= 0.6 is 11.8 Å². The van der Waals surface area contributed by atoms with E-state index < -0.39 is 17.8 Å². The van der Waals surface area contributed by atoms with Crippen LogP contribution in [0.25, 0.3) is 0 Å². The molecule has 2 atom stereocenters. The van der Waals surface area contributed by atoms with Gasteiger partial charge in [0.1, 0.15) is 0 Å². The Hall–Kier alpha value is -0.760. The Bertz CT molecular complexity index is 415. The van der Waals surface area contributed by atoms with Gasteiger partial charge in [-0.2, -0.15) is 24.9 Å². The molecule has 3 nitrogen and oxygen atoms in total. The Balaban J connectivity index is 2.70. The standard InChI is InChI=1S/C13H18F3NO2S/c1-17-12(8-20-7-11(19)6-18)9-3-2-4-10(5-9)13(14,15)16/h2-5,11-12,17-19H,6-8H2,1H3. The van der Waals surface area contributed by atoms with Crippen molar-refractivity contribution in [3.63, 3.8) is 0 Å². The van der Waals surface area contributed by atoms with Crippen LogP contribution in [0, 0.1) is 0 Å². The summed E-state index contributed by atoms with van der Waals surface area (Å²) in [6.45, 7) is -0.319. The molecule has 1 rings (SSSR count). The van der Waals surface area contributed by atoms with Crippen molar-refractivity contribution in [3.05, 3.63) is 35.4 Å².